The number of benzene rings is 2. The van der Waals surface area contributed by atoms with Gasteiger partial charge in [-0.05, 0) is 31.9 Å². The Balaban J connectivity index is 1.89. The van der Waals surface area contributed by atoms with E-state index in [4.69, 9.17) is 0 Å². The van der Waals surface area contributed by atoms with Gasteiger partial charge in [-0.3, -0.25) is 0 Å². The van der Waals surface area contributed by atoms with Gasteiger partial charge in [0.2, 0.25) is 0 Å². The molecule has 1 aromatic heterocycles. The van der Waals surface area contributed by atoms with E-state index in [-0.39, 0.29) is 12.6 Å². The van der Waals surface area contributed by atoms with Crippen LogP contribution in [0.25, 0.3) is 11.3 Å². The van der Waals surface area contributed by atoms with Crippen LogP contribution in [0.4, 0.5) is 5.82 Å². The molecule has 0 amide bonds. The van der Waals surface area contributed by atoms with E-state index in [0.717, 1.165) is 22.4 Å². The molecule has 0 spiro atoms. The molecule has 0 saturated carbocycles. The van der Waals surface area contributed by atoms with Gasteiger partial charge >= 0.3 is 0 Å². The first-order chi connectivity index (χ1) is 12.6. The summed E-state index contributed by atoms with van der Waals surface area (Å²) < 4.78 is 0. The molecule has 0 radical (unpaired) electrons. The number of nitrogens with zero attached hydrogens (tertiary/aromatic N) is 4. The minimum atomic E-state index is -0.0564. The number of hydrogen-bond acceptors (Lipinski definition) is 5. The summed E-state index contributed by atoms with van der Waals surface area (Å²) >= 11 is 0. The maximum absolute atomic E-state index is 9.55. The monoisotopic (exact) mass is 346 g/mol. The Kier molecular flexibility index (Phi) is 5.49. The zero-order valence-corrected chi connectivity index (χ0v) is 15.2. The molecule has 0 aliphatic carbocycles. The van der Waals surface area contributed by atoms with Crippen molar-refractivity contribution >= 4 is 5.82 Å². The molecule has 0 fully saturated rings. The maximum Gasteiger partial charge on any atom is 0.177 e. The first-order valence-electron chi connectivity index (χ1n) is 8.59. The van der Waals surface area contributed by atoms with E-state index >= 15 is 0 Å². The summed E-state index contributed by atoms with van der Waals surface area (Å²) in [6.07, 6.45) is 0. The standard InChI is InChI=1S/C21H22N4O/c1-14-8-10-17(11-9-14)15(2)24-25-21-12-20(22-16(3)23-21)19-7-5-4-6-18(19)13-26/h4-12,15,26H,13H2,1-3H3. The lowest BCUT2D eigenvalue weighted by atomic mass is 10.0. The molecule has 0 aliphatic rings. The van der Waals surface area contributed by atoms with E-state index in [1.54, 1.807) is 6.07 Å². The fourth-order valence-electron chi connectivity index (χ4n) is 2.71. The van der Waals surface area contributed by atoms with E-state index < -0.39 is 0 Å². The maximum atomic E-state index is 9.55. The van der Waals surface area contributed by atoms with Gasteiger partial charge in [-0.15, -0.1) is 5.11 Å². The zero-order chi connectivity index (χ0) is 18.5. The van der Waals surface area contributed by atoms with Gasteiger partial charge in [0, 0.05) is 11.6 Å². The van der Waals surface area contributed by atoms with E-state index in [2.05, 4.69) is 51.4 Å². The number of hydrogen-bond donors (Lipinski definition) is 1. The minimum absolute atomic E-state index is 0.0411. The zero-order valence-electron chi connectivity index (χ0n) is 15.2. The van der Waals surface area contributed by atoms with Crippen molar-refractivity contribution < 1.29 is 5.11 Å². The Morgan fingerprint density at radius 2 is 1.73 bits per heavy atom. The highest BCUT2D eigenvalue weighted by molar-refractivity contribution is 5.65. The second kappa shape index (κ2) is 7.97. The van der Waals surface area contributed by atoms with Gasteiger partial charge in [-0.1, -0.05) is 54.1 Å². The van der Waals surface area contributed by atoms with Crippen molar-refractivity contribution in [1.82, 2.24) is 9.97 Å². The summed E-state index contributed by atoms with van der Waals surface area (Å²) in [7, 11) is 0. The van der Waals surface area contributed by atoms with Gasteiger partial charge in [0.1, 0.15) is 5.82 Å². The van der Waals surface area contributed by atoms with Crippen molar-refractivity contribution in [3.63, 3.8) is 0 Å². The molecule has 1 heterocycles. The Bertz CT molecular complexity index is 920. The highest BCUT2D eigenvalue weighted by atomic mass is 16.3. The molecule has 132 valence electrons. The van der Waals surface area contributed by atoms with Crippen molar-refractivity contribution in [3.8, 4) is 11.3 Å². The van der Waals surface area contributed by atoms with Crippen LogP contribution in [-0.4, -0.2) is 15.1 Å². The molecule has 5 nitrogen and oxygen atoms in total. The van der Waals surface area contributed by atoms with Crippen LogP contribution in [-0.2, 0) is 6.61 Å². The predicted octanol–water partition coefficient (Wildman–Crippen LogP) is 5.10. The number of azo groups is 1. The molecule has 2 aromatic carbocycles. The summed E-state index contributed by atoms with van der Waals surface area (Å²) in [5.74, 6) is 1.13. The Morgan fingerprint density at radius 1 is 1.00 bits per heavy atom. The molecule has 3 aromatic rings. The first-order valence-corrected chi connectivity index (χ1v) is 8.59. The van der Waals surface area contributed by atoms with Gasteiger partial charge < -0.3 is 5.11 Å². The van der Waals surface area contributed by atoms with Gasteiger partial charge in [-0.2, -0.15) is 5.11 Å². The average molecular weight is 346 g/mol. The molecule has 1 N–H and O–H groups in total. The molecular formula is C21H22N4O. The fraction of sp³-hybridized carbons (Fsp3) is 0.238. The largest absolute Gasteiger partial charge is 0.392 e. The number of aliphatic hydroxyl groups excluding tert-OH is 1. The molecule has 0 saturated heterocycles. The third-order valence-corrected chi connectivity index (χ3v) is 4.18. The summed E-state index contributed by atoms with van der Waals surface area (Å²) in [4.78, 5) is 8.84. The molecular weight excluding hydrogens is 324 g/mol. The molecule has 3 rings (SSSR count). The lowest BCUT2D eigenvalue weighted by molar-refractivity contribution is 0.282. The SMILES string of the molecule is Cc1ccc(C(C)N=Nc2cc(-c3ccccc3CO)nc(C)n2)cc1. The Hall–Kier alpha value is -2.92. The highest BCUT2D eigenvalue weighted by Gasteiger charge is 2.09. The lowest BCUT2D eigenvalue weighted by Gasteiger charge is -2.08. The number of rotatable bonds is 5. The highest BCUT2D eigenvalue weighted by Crippen LogP contribution is 2.26. The van der Waals surface area contributed by atoms with Gasteiger partial charge in [0.25, 0.3) is 0 Å². The fourth-order valence-corrected chi connectivity index (χ4v) is 2.71. The number of aliphatic hydroxyl groups is 1. The van der Waals surface area contributed by atoms with Gasteiger partial charge in [0.15, 0.2) is 5.82 Å². The van der Waals surface area contributed by atoms with Crippen molar-refractivity contribution in [3.05, 3.63) is 77.1 Å². The summed E-state index contributed by atoms with van der Waals surface area (Å²) in [6, 6.07) is 17.6. The normalized spacial score (nSPS) is 12.5. The van der Waals surface area contributed by atoms with Crippen LogP contribution in [0.1, 0.15) is 35.5 Å². The molecule has 0 bridgehead atoms. The smallest absolute Gasteiger partial charge is 0.177 e. The Morgan fingerprint density at radius 3 is 2.46 bits per heavy atom. The van der Waals surface area contributed by atoms with E-state index in [9.17, 15) is 5.11 Å². The second-order valence-electron chi connectivity index (χ2n) is 6.28. The summed E-state index contributed by atoms with van der Waals surface area (Å²) in [5, 5.41) is 18.3. The molecule has 0 aliphatic heterocycles. The third-order valence-electron chi connectivity index (χ3n) is 4.18. The number of aromatic nitrogens is 2. The van der Waals surface area contributed by atoms with Crippen molar-refractivity contribution in [2.45, 2.75) is 33.4 Å². The molecule has 1 unspecified atom stereocenters. The van der Waals surface area contributed by atoms with Crippen LogP contribution in [0, 0.1) is 13.8 Å². The van der Waals surface area contributed by atoms with Crippen LogP contribution >= 0.6 is 0 Å². The van der Waals surface area contributed by atoms with Gasteiger partial charge in [-0.25, -0.2) is 9.97 Å². The van der Waals surface area contributed by atoms with E-state index in [1.807, 2.05) is 38.1 Å². The number of aryl methyl sites for hydroxylation is 2. The minimum Gasteiger partial charge on any atom is -0.392 e. The first kappa shape index (κ1) is 17.9. The summed E-state index contributed by atoms with van der Waals surface area (Å²) in [5.41, 5.74) is 4.76. The van der Waals surface area contributed by atoms with Gasteiger partial charge in [0.05, 0.1) is 18.3 Å². The van der Waals surface area contributed by atoms with Crippen LogP contribution in [0.2, 0.25) is 0 Å². The molecule has 5 heteroatoms. The molecule has 26 heavy (non-hydrogen) atoms. The van der Waals surface area contributed by atoms with Crippen molar-refractivity contribution in [2.75, 3.05) is 0 Å². The van der Waals surface area contributed by atoms with Crippen LogP contribution in [0.5, 0.6) is 0 Å². The Labute approximate surface area is 153 Å². The van der Waals surface area contributed by atoms with Crippen LogP contribution in [0.15, 0.2) is 64.8 Å². The van der Waals surface area contributed by atoms with E-state index in [0.29, 0.717) is 11.6 Å². The predicted molar refractivity (Wildman–Crippen MR) is 102 cm³/mol. The van der Waals surface area contributed by atoms with Crippen LogP contribution in [0.3, 0.4) is 0 Å². The summed E-state index contributed by atoms with van der Waals surface area (Å²) in [6.45, 7) is 5.85. The third kappa shape index (κ3) is 4.18. The molecule has 1 atom stereocenters. The topological polar surface area (TPSA) is 70.7 Å². The van der Waals surface area contributed by atoms with E-state index in [1.165, 1.54) is 5.56 Å². The lowest BCUT2D eigenvalue weighted by Crippen LogP contribution is -1.95. The van der Waals surface area contributed by atoms with Crippen LogP contribution < -0.4 is 0 Å². The van der Waals surface area contributed by atoms with Crippen molar-refractivity contribution in [2.24, 2.45) is 10.2 Å². The average Bonchev–Trinajstić information content (AvgIpc) is 2.66. The van der Waals surface area contributed by atoms with Crippen molar-refractivity contribution in [1.29, 1.82) is 0 Å². The second-order valence-corrected chi connectivity index (χ2v) is 6.28. The quantitative estimate of drug-likeness (QED) is 0.654.